The number of nitrogens with one attached hydrogen (secondary N) is 1. The third-order valence-electron chi connectivity index (χ3n) is 5.45. The minimum atomic E-state index is -3.89. The predicted octanol–water partition coefficient (Wildman–Crippen LogP) is 2.06. The molecule has 1 amide bonds. The highest BCUT2D eigenvalue weighted by Gasteiger charge is 2.31. The van der Waals surface area contributed by atoms with Crippen LogP contribution in [0.15, 0.2) is 53.4 Å². The molecule has 1 aliphatic heterocycles. The van der Waals surface area contributed by atoms with Gasteiger partial charge in [-0.15, -0.1) is 0 Å². The molecule has 1 atom stereocenters. The molecular formula is C23H31N3O4S. The Kier molecular flexibility index (Phi) is 7.69. The van der Waals surface area contributed by atoms with Gasteiger partial charge in [-0.25, -0.2) is 8.42 Å². The number of nitrogens with zero attached hydrogens (tertiary/aromatic N) is 2. The molecule has 7 nitrogen and oxygen atoms in total. The van der Waals surface area contributed by atoms with Gasteiger partial charge in [0.15, 0.2) is 0 Å². The first-order valence-electron chi connectivity index (χ1n) is 10.6. The van der Waals surface area contributed by atoms with Crippen LogP contribution in [-0.4, -0.2) is 70.0 Å². The van der Waals surface area contributed by atoms with Crippen molar-refractivity contribution in [3.63, 3.8) is 0 Å². The monoisotopic (exact) mass is 445 g/mol. The van der Waals surface area contributed by atoms with Crippen LogP contribution in [0.4, 0.5) is 0 Å². The zero-order valence-electron chi connectivity index (χ0n) is 18.4. The largest absolute Gasteiger partial charge is 0.494 e. The Morgan fingerprint density at radius 1 is 1.10 bits per heavy atom. The van der Waals surface area contributed by atoms with E-state index >= 15 is 0 Å². The Labute approximate surface area is 185 Å². The van der Waals surface area contributed by atoms with Crippen molar-refractivity contribution in [1.82, 2.24) is 14.5 Å². The molecule has 1 saturated heterocycles. The Morgan fingerprint density at radius 3 is 2.39 bits per heavy atom. The Balaban J connectivity index is 1.84. The lowest BCUT2D eigenvalue weighted by atomic mass is 10.1. The molecule has 2 aromatic carbocycles. The molecule has 31 heavy (non-hydrogen) atoms. The van der Waals surface area contributed by atoms with Gasteiger partial charge < -0.3 is 14.5 Å². The van der Waals surface area contributed by atoms with Gasteiger partial charge >= 0.3 is 0 Å². The second-order valence-corrected chi connectivity index (χ2v) is 9.57. The minimum Gasteiger partial charge on any atom is -0.494 e. The number of likely N-dealkylation sites (N-methyl/N-ethyl adjacent to an activating group) is 1. The Hall–Kier alpha value is -2.42. The highest BCUT2D eigenvalue weighted by atomic mass is 32.2. The van der Waals surface area contributed by atoms with Crippen molar-refractivity contribution in [2.45, 2.75) is 31.2 Å². The lowest BCUT2D eigenvalue weighted by Gasteiger charge is -2.34. The lowest BCUT2D eigenvalue weighted by Crippen LogP contribution is -2.54. The molecule has 0 aliphatic carbocycles. The summed E-state index contributed by atoms with van der Waals surface area (Å²) in [7, 11) is -1.88. The van der Waals surface area contributed by atoms with Gasteiger partial charge in [-0.1, -0.05) is 30.3 Å². The summed E-state index contributed by atoms with van der Waals surface area (Å²) in [6.07, 6.45) is 0.293. The van der Waals surface area contributed by atoms with E-state index < -0.39 is 16.1 Å². The number of rotatable bonds is 8. The normalized spacial score (nSPS) is 16.2. The van der Waals surface area contributed by atoms with Crippen molar-refractivity contribution >= 4 is 15.9 Å². The minimum absolute atomic E-state index is 0.123. The summed E-state index contributed by atoms with van der Waals surface area (Å²) < 4.78 is 34.5. The highest BCUT2D eigenvalue weighted by molar-refractivity contribution is 7.89. The summed E-state index contributed by atoms with van der Waals surface area (Å²) in [6.45, 7) is 6.91. The summed E-state index contributed by atoms with van der Waals surface area (Å²) in [5, 5.41) is 0. The van der Waals surface area contributed by atoms with Crippen molar-refractivity contribution in [1.29, 1.82) is 0 Å². The van der Waals surface area contributed by atoms with Crippen LogP contribution in [-0.2, 0) is 21.2 Å². The van der Waals surface area contributed by atoms with Crippen molar-refractivity contribution < 1.29 is 17.9 Å². The first-order valence-corrected chi connectivity index (χ1v) is 12.1. The number of hydrogen-bond donors (Lipinski definition) is 1. The third-order valence-corrected chi connectivity index (χ3v) is 6.92. The lowest BCUT2D eigenvalue weighted by molar-refractivity contribution is -0.134. The third kappa shape index (κ3) is 6.06. The van der Waals surface area contributed by atoms with E-state index in [0.717, 1.165) is 24.2 Å². The quantitative estimate of drug-likeness (QED) is 0.673. The number of hydrogen-bond acceptors (Lipinski definition) is 5. The summed E-state index contributed by atoms with van der Waals surface area (Å²) >= 11 is 0. The molecular weight excluding hydrogens is 414 g/mol. The van der Waals surface area contributed by atoms with Crippen molar-refractivity contribution in [2.75, 3.05) is 39.8 Å². The zero-order chi connectivity index (χ0) is 22.4. The van der Waals surface area contributed by atoms with Gasteiger partial charge in [-0.2, -0.15) is 4.72 Å². The topological polar surface area (TPSA) is 78.9 Å². The van der Waals surface area contributed by atoms with Crippen molar-refractivity contribution in [2.24, 2.45) is 0 Å². The van der Waals surface area contributed by atoms with Gasteiger partial charge in [0, 0.05) is 26.2 Å². The van der Waals surface area contributed by atoms with E-state index in [-0.39, 0.29) is 10.8 Å². The molecule has 1 aliphatic rings. The van der Waals surface area contributed by atoms with E-state index in [1.165, 1.54) is 6.07 Å². The molecule has 3 rings (SSSR count). The fraction of sp³-hybridized carbons (Fsp3) is 0.435. The molecule has 0 spiro atoms. The predicted molar refractivity (Wildman–Crippen MR) is 121 cm³/mol. The Morgan fingerprint density at radius 2 is 1.77 bits per heavy atom. The Bertz CT molecular complexity index is 987. The second kappa shape index (κ2) is 10.3. The molecule has 8 heteroatoms. The van der Waals surface area contributed by atoms with Crippen LogP contribution in [0.25, 0.3) is 0 Å². The molecule has 1 fully saturated rings. The van der Waals surface area contributed by atoms with Gasteiger partial charge in [0.2, 0.25) is 15.9 Å². The molecule has 0 aromatic heterocycles. The first kappa shape index (κ1) is 23.2. The van der Waals surface area contributed by atoms with Crippen LogP contribution >= 0.6 is 0 Å². The van der Waals surface area contributed by atoms with Crippen LogP contribution in [0.1, 0.15) is 18.1 Å². The number of ether oxygens (including phenoxy) is 1. The van der Waals surface area contributed by atoms with E-state index in [1.54, 1.807) is 24.0 Å². The fourth-order valence-corrected chi connectivity index (χ4v) is 4.91. The van der Waals surface area contributed by atoms with Gasteiger partial charge in [0.1, 0.15) is 11.8 Å². The smallest absolute Gasteiger partial charge is 0.241 e. The number of piperazine rings is 1. The molecule has 0 bridgehead atoms. The zero-order valence-corrected chi connectivity index (χ0v) is 19.2. The van der Waals surface area contributed by atoms with E-state index in [2.05, 4.69) is 9.62 Å². The average molecular weight is 446 g/mol. The molecule has 2 aromatic rings. The van der Waals surface area contributed by atoms with Crippen LogP contribution < -0.4 is 9.46 Å². The molecule has 168 valence electrons. The summed E-state index contributed by atoms with van der Waals surface area (Å²) in [6, 6.07) is 13.3. The highest BCUT2D eigenvalue weighted by Crippen LogP contribution is 2.22. The number of amides is 1. The van der Waals surface area contributed by atoms with Crippen LogP contribution in [0.5, 0.6) is 5.75 Å². The first-order chi connectivity index (χ1) is 14.8. The van der Waals surface area contributed by atoms with Crippen molar-refractivity contribution in [3.8, 4) is 5.75 Å². The SMILES string of the molecule is CCOc1ccc(S(=O)(=O)N[C@@H](Cc2ccccc2)C(=O)N2CCN(C)CC2)cc1C. The van der Waals surface area contributed by atoms with Crippen molar-refractivity contribution in [3.05, 3.63) is 59.7 Å². The van der Waals surface area contributed by atoms with Crippen LogP contribution in [0, 0.1) is 6.92 Å². The number of aryl methyl sites for hydroxylation is 1. The number of carbonyl (C=O) groups is 1. The maximum absolute atomic E-state index is 13.3. The van der Waals surface area contributed by atoms with E-state index in [9.17, 15) is 13.2 Å². The van der Waals surface area contributed by atoms with E-state index in [4.69, 9.17) is 4.74 Å². The molecule has 0 saturated carbocycles. The van der Waals surface area contributed by atoms with Gasteiger partial charge in [-0.05, 0) is 56.6 Å². The standard InChI is InChI=1S/C23H31N3O4S/c1-4-30-22-11-10-20(16-18(22)2)31(28,29)24-21(17-19-8-6-5-7-9-19)23(27)26-14-12-25(3)13-15-26/h5-11,16,21,24H,4,12-15,17H2,1-3H3/t21-/m0/s1. The summed E-state index contributed by atoms with van der Waals surface area (Å²) in [5.74, 6) is 0.457. The van der Waals surface area contributed by atoms with Crippen LogP contribution in [0.3, 0.4) is 0 Å². The number of benzene rings is 2. The maximum Gasteiger partial charge on any atom is 0.241 e. The summed E-state index contributed by atoms with van der Waals surface area (Å²) in [5.41, 5.74) is 1.63. The fourth-order valence-electron chi connectivity index (χ4n) is 3.64. The number of carbonyl (C=O) groups excluding carboxylic acids is 1. The molecule has 1 N–H and O–H groups in total. The van der Waals surface area contributed by atoms with E-state index in [0.29, 0.717) is 31.9 Å². The van der Waals surface area contributed by atoms with Crippen LogP contribution in [0.2, 0.25) is 0 Å². The maximum atomic E-state index is 13.3. The van der Waals surface area contributed by atoms with Gasteiger partial charge in [0.05, 0.1) is 11.5 Å². The van der Waals surface area contributed by atoms with Gasteiger partial charge in [0.25, 0.3) is 0 Å². The second-order valence-electron chi connectivity index (χ2n) is 7.85. The molecule has 0 unspecified atom stereocenters. The summed E-state index contributed by atoms with van der Waals surface area (Å²) in [4.78, 5) is 17.3. The molecule has 0 radical (unpaired) electrons. The average Bonchev–Trinajstić information content (AvgIpc) is 2.75. The number of sulfonamides is 1. The van der Waals surface area contributed by atoms with E-state index in [1.807, 2.05) is 44.3 Å². The van der Waals surface area contributed by atoms with Gasteiger partial charge in [-0.3, -0.25) is 4.79 Å². The molecule has 1 heterocycles.